The van der Waals surface area contributed by atoms with Gasteiger partial charge in [-0.15, -0.1) is 0 Å². The molecule has 0 aliphatic heterocycles. The van der Waals surface area contributed by atoms with Gasteiger partial charge >= 0.3 is 6.18 Å². The van der Waals surface area contributed by atoms with Crippen LogP contribution in [0.25, 0.3) is 0 Å². The van der Waals surface area contributed by atoms with Gasteiger partial charge in [-0.25, -0.2) is 0 Å². The Hall–Kier alpha value is -2.75. The van der Waals surface area contributed by atoms with E-state index in [2.05, 4.69) is 16.4 Å². The van der Waals surface area contributed by atoms with Gasteiger partial charge in [-0.05, 0) is 37.6 Å². The molecule has 0 atom stereocenters. The minimum absolute atomic E-state index is 0.147. The Morgan fingerprint density at radius 2 is 2.00 bits per heavy atom. The lowest BCUT2D eigenvalue weighted by Crippen LogP contribution is -2.19. The molecular weight excluding hydrogens is 319 g/mol. The molecule has 1 aromatic heterocycles. The zero-order valence-corrected chi connectivity index (χ0v) is 13.2. The first-order chi connectivity index (χ1) is 11.3. The van der Waals surface area contributed by atoms with Crippen LogP contribution in [0.15, 0.2) is 30.3 Å². The van der Waals surface area contributed by atoms with E-state index < -0.39 is 12.8 Å². The first-order valence-corrected chi connectivity index (χ1v) is 7.19. The van der Waals surface area contributed by atoms with Gasteiger partial charge in [-0.1, -0.05) is 12.1 Å². The van der Waals surface area contributed by atoms with E-state index >= 15 is 0 Å². The maximum atomic E-state index is 12.2. The van der Waals surface area contributed by atoms with Crippen molar-refractivity contribution in [2.45, 2.75) is 26.6 Å². The van der Waals surface area contributed by atoms with Crippen LogP contribution < -0.4 is 10.1 Å². The first-order valence-electron chi connectivity index (χ1n) is 7.19. The molecule has 0 fully saturated rings. The fraction of sp³-hybridized carbons (Fsp3) is 0.294. The number of halogens is 3. The Morgan fingerprint density at radius 3 is 2.67 bits per heavy atom. The van der Waals surface area contributed by atoms with Gasteiger partial charge in [0.25, 0.3) is 0 Å². The molecule has 0 radical (unpaired) electrons. The minimum Gasteiger partial charge on any atom is -0.484 e. The Morgan fingerprint density at radius 1 is 1.25 bits per heavy atom. The van der Waals surface area contributed by atoms with Gasteiger partial charge in [0.05, 0.1) is 16.9 Å². The number of aryl methyl sites for hydroxylation is 2. The third-order valence-electron chi connectivity index (χ3n) is 3.22. The fourth-order valence-corrected chi connectivity index (χ4v) is 2.22. The molecule has 0 aliphatic carbocycles. The lowest BCUT2D eigenvalue weighted by Gasteiger charge is -2.13. The van der Waals surface area contributed by atoms with E-state index in [-0.39, 0.29) is 5.75 Å². The number of rotatable bonds is 5. The molecule has 0 amide bonds. The van der Waals surface area contributed by atoms with E-state index in [1.807, 2.05) is 6.92 Å². The highest BCUT2D eigenvalue weighted by Gasteiger charge is 2.28. The Bertz CT molecular complexity index is 767. The average molecular weight is 335 g/mol. The monoisotopic (exact) mass is 335 g/mol. The van der Waals surface area contributed by atoms with Crippen molar-refractivity contribution in [1.29, 1.82) is 5.26 Å². The summed E-state index contributed by atoms with van der Waals surface area (Å²) in [5.74, 6) is 0.147. The van der Waals surface area contributed by atoms with E-state index in [1.54, 1.807) is 25.1 Å². The zero-order chi connectivity index (χ0) is 17.7. The largest absolute Gasteiger partial charge is 0.484 e. The summed E-state index contributed by atoms with van der Waals surface area (Å²) >= 11 is 0. The number of nitrogens with zero attached hydrogens (tertiary/aromatic N) is 2. The molecular formula is C17H16F3N3O. The second-order valence-electron chi connectivity index (χ2n) is 5.29. The lowest BCUT2D eigenvalue weighted by atomic mass is 10.1. The molecule has 2 rings (SSSR count). The van der Waals surface area contributed by atoms with Crippen LogP contribution in [-0.2, 0) is 6.54 Å². The second-order valence-corrected chi connectivity index (χ2v) is 5.29. The van der Waals surface area contributed by atoms with Gasteiger partial charge in [0, 0.05) is 12.2 Å². The van der Waals surface area contributed by atoms with Crippen LogP contribution in [-0.4, -0.2) is 17.8 Å². The molecule has 24 heavy (non-hydrogen) atoms. The highest BCUT2D eigenvalue weighted by molar-refractivity contribution is 5.60. The van der Waals surface area contributed by atoms with E-state index in [9.17, 15) is 18.4 Å². The van der Waals surface area contributed by atoms with Gasteiger partial charge in [0.2, 0.25) is 0 Å². The van der Waals surface area contributed by atoms with E-state index in [0.717, 1.165) is 11.3 Å². The summed E-state index contributed by atoms with van der Waals surface area (Å²) in [6.07, 6.45) is -4.37. The van der Waals surface area contributed by atoms with Crippen molar-refractivity contribution in [1.82, 2.24) is 4.98 Å². The Labute approximate surface area is 137 Å². The molecule has 1 heterocycles. The van der Waals surface area contributed by atoms with E-state index in [4.69, 9.17) is 4.74 Å². The molecule has 0 aliphatic rings. The van der Waals surface area contributed by atoms with Crippen LogP contribution in [0.2, 0.25) is 0 Å². The van der Waals surface area contributed by atoms with Crippen LogP contribution in [0.4, 0.5) is 18.9 Å². The van der Waals surface area contributed by atoms with Crippen LogP contribution in [0, 0.1) is 25.2 Å². The molecule has 0 unspecified atom stereocenters. The molecule has 1 aromatic carbocycles. The first kappa shape index (κ1) is 17.6. The molecule has 7 heteroatoms. The van der Waals surface area contributed by atoms with Crippen molar-refractivity contribution in [3.63, 3.8) is 0 Å². The highest BCUT2D eigenvalue weighted by atomic mass is 19.4. The lowest BCUT2D eigenvalue weighted by molar-refractivity contribution is -0.153. The number of ether oxygens (including phenoxy) is 1. The van der Waals surface area contributed by atoms with Gasteiger partial charge in [-0.3, -0.25) is 4.98 Å². The molecule has 0 bridgehead atoms. The third kappa shape index (κ3) is 4.88. The smallest absolute Gasteiger partial charge is 0.422 e. The summed E-state index contributed by atoms with van der Waals surface area (Å²) in [5.41, 5.74) is 3.23. The van der Waals surface area contributed by atoms with Crippen molar-refractivity contribution in [2.75, 3.05) is 11.9 Å². The standard InChI is InChI=1S/C17H16F3N3O/c1-11-6-16(15(8-21)12(2)23-11)22-9-13-4-3-5-14(7-13)24-10-17(18,19)20/h3-7H,9-10H2,1-2H3,(H,22,23). The topological polar surface area (TPSA) is 57.9 Å². The second kappa shape index (κ2) is 7.21. The van der Waals surface area contributed by atoms with Gasteiger partial charge in [0.1, 0.15) is 11.8 Å². The summed E-state index contributed by atoms with van der Waals surface area (Å²) < 4.78 is 41.3. The molecule has 0 spiro atoms. The van der Waals surface area contributed by atoms with Crippen molar-refractivity contribution in [3.05, 3.63) is 52.8 Å². The molecule has 4 nitrogen and oxygen atoms in total. The summed E-state index contributed by atoms with van der Waals surface area (Å²) in [6, 6.07) is 10.2. The number of hydrogen-bond donors (Lipinski definition) is 1. The summed E-state index contributed by atoms with van der Waals surface area (Å²) in [4.78, 5) is 4.23. The number of anilines is 1. The highest BCUT2D eigenvalue weighted by Crippen LogP contribution is 2.22. The quantitative estimate of drug-likeness (QED) is 0.893. The molecule has 126 valence electrons. The number of nitriles is 1. The Kier molecular flexibility index (Phi) is 5.29. The van der Waals surface area contributed by atoms with Crippen LogP contribution in [0.1, 0.15) is 22.5 Å². The minimum atomic E-state index is -4.37. The SMILES string of the molecule is Cc1cc(NCc2cccc(OCC(F)(F)F)c2)c(C#N)c(C)n1. The van der Waals surface area contributed by atoms with Crippen LogP contribution in [0.3, 0.4) is 0 Å². The number of benzene rings is 1. The summed E-state index contributed by atoms with van der Waals surface area (Å²) in [7, 11) is 0. The fourth-order valence-electron chi connectivity index (χ4n) is 2.22. The molecule has 0 saturated carbocycles. The maximum absolute atomic E-state index is 12.2. The Balaban J connectivity index is 2.09. The number of alkyl halides is 3. The predicted octanol–water partition coefficient (Wildman–Crippen LogP) is 4.12. The van der Waals surface area contributed by atoms with Gasteiger partial charge in [0.15, 0.2) is 6.61 Å². The summed E-state index contributed by atoms with van der Waals surface area (Å²) in [6.45, 7) is 2.60. The number of hydrogen-bond acceptors (Lipinski definition) is 4. The van der Waals surface area contributed by atoms with E-state index in [0.29, 0.717) is 23.5 Å². The van der Waals surface area contributed by atoms with Crippen molar-refractivity contribution in [3.8, 4) is 11.8 Å². The van der Waals surface area contributed by atoms with Gasteiger partial charge < -0.3 is 10.1 Å². The zero-order valence-electron chi connectivity index (χ0n) is 13.2. The molecule has 1 N–H and O–H groups in total. The van der Waals surface area contributed by atoms with Crippen molar-refractivity contribution < 1.29 is 17.9 Å². The normalized spacial score (nSPS) is 11.0. The maximum Gasteiger partial charge on any atom is 0.422 e. The number of aromatic nitrogens is 1. The van der Waals surface area contributed by atoms with Crippen LogP contribution in [0.5, 0.6) is 5.75 Å². The molecule has 2 aromatic rings. The summed E-state index contributed by atoms with van der Waals surface area (Å²) in [5, 5.41) is 12.3. The number of nitrogens with one attached hydrogen (secondary N) is 1. The average Bonchev–Trinajstić information content (AvgIpc) is 2.50. The van der Waals surface area contributed by atoms with Crippen LogP contribution >= 0.6 is 0 Å². The molecule has 0 saturated heterocycles. The van der Waals surface area contributed by atoms with Crippen molar-refractivity contribution >= 4 is 5.69 Å². The van der Waals surface area contributed by atoms with Gasteiger partial charge in [-0.2, -0.15) is 18.4 Å². The van der Waals surface area contributed by atoms with Crippen molar-refractivity contribution in [2.24, 2.45) is 0 Å². The predicted molar refractivity (Wildman–Crippen MR) is 83.7 cm³/mol. The third-order valence-corrected chi connectivity index (χ3v) is 3.22. The van der Waals surface area contributed by atoms with E-state index in [1.165, 1.54) is 12.1 Å². The number of pyridine rings is 1.